The van der Waals surface area contributed by atoms with Gasteiger partial charge in [-0.05, 0) is 31.4 Å². The van der Waals surface area contributed by atoms with E-state index in [-0.39, 0.29) is 5.91 Å². The fourth-order valence-corrected chi connectivity index (χ4v) is 3.96. The van der Waals surface area contributed by atoms with E-state index in [4.69, 9.17) is 4.98 Å². The Hall–Kier alpha value is -4.00. The van der Waals surface area contributed by atoms with Gasteiger partial charge in [0, 0.05) is 41.3 Å². The standard InChI is InChI=1S/C25H24N6O/c32-24(30-27-17-19-16-26-21-12-6-5-11-20(19)21)23-15-22(18-9-3-1-4-10-18)28-25(29-23)31-13-7-2-8-14-31/h1,3-6,9-12,15-17,26H,2,7-8,13-14H2,(H,30,32)/b27-17+. The van der Waals surface area contributed by atoms with Gasteiger partial charge in [0.05, 0.1) is 11.9 Å². The number of para-hydroxylation sites is 1. The molecule has 7 heteroatoms. The van der Waals surface area contributed by atoms with Crippen molar-refractivity contribution >= 4 is 29.0 Å². The summed E-state index contributed by atoms with van der Waals surface area (Å²) in [5.74, 6) is 0.232. The van der Waals surface area contributed by atoms with Crippen LogP contribution in [-0.4, -0.2) is 40.2 Å². The molecule has 0 saturated carbocycles. The number of carbonyl (C=O) groups excluding carboxylic acids is 1. The summed E-state index contributed by atoms with van der Waals surface area (Å²) >= 11 is 0. The van der Waals surface area contributed by atoms with Crippen LogP contribution in [0.3, 0.4) is 0 Å². The van der Waals surface area contributed by atoms with Crippen molar-refractivity contribution in [1.82, 2.24) is 20.4 Å². The number of fused-ring (bicyclic) bond motifs is 1. The highest BCUT2D eigenvalue weighted by atomic mass is 16.2. The van der Waals surface area contributed by atoms with Crippen LogP contribution in [0.15, 0.2) is 72.0 Å². The molecule has 0 atom stereocenters. The number of anilines is 1. The van der Waals surface area contributed by atoms with Gasteiger partial charge >= 0.3 is 0 Å². The van der Waals surface area contributed by atoms with Gasteiger partial charge in [-0.25, -0.2) is 15.4 Å². The molecule has 4 aromatic rings. The zero-order valence-electron chi connectivity index (χ0n) is 17.7. The number of rotatable bonds is 5. The first-order chi connectivity index (χ1) is 15.8. The fraction of sp³-hybridized carbons (Fsp3) is 0.200. The minimum Gasteiger partial charge on any atom is -0.361 e. The molecule has 1 aliphatic heterocycles. The molecule has 2 aromatic carbocycles. The van der Waals surface area contributed by atoms with E-state index in [1.807, 2.05) is 60.8 Å². The van der Waals surface area contributed by atoms with Crippen LogP contribution in [-0.2, 0) is 0 Å². The Morgan fingerprint density at radius 1 is 1.00 bits per heavy atom. The van der Waals surface area contributed by atoms with Gasteiger partial charge in [-0.2, -0.15) is 5.10 Å². The van der Waals surface area contributed by atoms with Crippen molar-refractivity contribution in [2.45, 2.75) is 19.3 Å². The van der Waals surface area contributed by atoms with Crippen molar-refractivity contribution in [3.05, 3.63) is 78.1 Å². The summed E-state index contributed by atoms with van der Waals surface area (Å²) in [6, 6.07) is 19.5. The number of nitrogens with one attached hydrogen (secondary N) is 2. The van der Waals surface area contributed by atoms with E-state index >= 15 is 0 Å². The average Bonchev–Trinajstić information content (AvgIpc) is 3.28. The molecule has 1 saturated heterocycles. The van der Waals surface area contributed by atoms with E-state index in [0.29, 0.717) is 11.6 Å². The Labute approximate surface area is 186 Å². The molecule has 2 aromatic heterocycles. The van der Waals surface area contributed by atoms with E-state index in [1.54, 1.807) is 12.3 Å². The number of amides is 1. The Morgan fingerprint density at radius 2 is 1.78 bits per heavy atom. The summed E-state index contributed by atoms with van der Waals surface area (Å²) in [7, 11) is 0. The smallest absolute Gasteiger partial charge is 0.290 e. The predicted octanol–water partition coefficient (Wildman–Crippen LogP) is 4.38. The molecule has 7 nitrogen and oxygen atoms in total. The number of nitrogens with zero attached hydrogens (tertiary/aromatic N) is 4. The van der Waals surface area contributed by atoms with Crippen LogP contribution in [0.4, 0.5) is 5.95 Å². The van der Waals surface area contributed by atoms with Gasteiger partial charge in [0.15, 0.2) is 0 Å². The first kappa shape index (κ1) is 19.9. The largest absolute Gasteiger partial charge is 0.361 e. The highest BCUT2D eigenvalue weighted by Crippen LogP contribution is 2.23. The summed E-state index contributed by atoms with van der Waals surface area (Å²) in [4.78, 5) is 27.6. The third-order valence-electron chi connectivity index (χ3n) is 5.65. The minimum atomic E-state index is -0.362. The molecule has 0 spiro atoms. The molecule has 3 heterocycles. The van der Waals surface area contributed by atoms with Crippen molar-refractivity contribution in [2.75, 3.05) is 18.0 Å². The highest BCUT2D eigenvalue weighted by Gasteiger charge is 2.18. The number of aromatic nitrogens is 3. The maximum absolute atomic E-state index is 12.9. The van der Waals surface area contributed by atoms with Crippen molar-refractivity contribution in [2.24, 2.45) is 5.10 Å². The molecule has 1 fully saturated rings. The number of aromatic amines is 1. The van der Waals surface area contributed by atoms with Crippen LogP contribution >= 0.6 is 0 Å². The van der Waals surface area contributed by atoms with Crippen molar-refractivity contribution in [3.8, 4) is 11.3 Å². The van der Waals surface area contributed by atoms with Gasteiger partial charge in [-0.3, -0.25) is 4.79 Å². The second kappa shape index (κ2) is 9.01. The van der Waals surface area contributed by atoms with E-state index in [9.17, 15) is 4.79 Å². The second-order valence-electron chi connectivity index (χ2n) is 7.84. The van der Waals surface area contributed by atoms with E-state index < -0.39 is 0 Å². The van der Waals surface area contributed by atoms with E-state index in [2.05, 4.69) is 25.4 Å². The Morgan fingerprint density at radius 3 is 2.62 bits per heavy atom. The number of hydrazone groups is 1. The molecule has 0 radical (unpaired) electrons. The van der Waals surface area contributed by atoms with Crippen LogP contribution in [0.5, 0.6) is 0 Å². The maximum Gasteiger partial charge on any atom is 0.290 e. The Balaban J connectivity index is 1.41. The lowest BCUT2D eigenvalue weighted by atomic mass is 10.1. The predicted molar refractivity (Wildman–Crippen MR) is 127 cm³/mol. The van der Waals surface area contributed by atoms with Crippen LogP contribution in [0.25, 0.3) is 22.2 Å². The van der Waals surface area contributed by atoms with Gasteiger partial charge in [0.25, 0.3) is 5.91 Å². The van der Waals surface area contributed by atoms with Crippen LogP contribution in [0.2, 0.25) is 0 Å². The normalized spacial score (nSPS) is 14.2. The van der Waals surface area contributed by atoms with Crippen LogP contribution in [0, 0.1) is 0 Å². The molecular formula is C25H24N6O. The second-order valence-corrected chi connectivity index (χ2v) is 7.84. The first-order valence-electron chi connectivity index (χ1n) is 10.9. The van der Waals surface area contributed by atoms with Gasteiger partial charge < -0.3 is 9.88 Å². The van der Waals surface area contributed by atoms with Gasteiger partial charge in [0.2, 0.25) is 5.95 Å². The fourth-order valence-electron chi connectivity index (χ4n) is 3.96. The maximum atomic E-state index is 12.9. The molecule has 5 rings (SSSR count). The molecule has 2 N–H and O–H groups in total. The third kappa shape index (κ3) is 4.23. The molecule has 32 heavy (non-hydrogen) atoms. The van der Waals surface area contributed by atoms with Gasteiger partial charge in [0.1, 0.15) is 5.69 Å². The number of hydrogen-bond donors (Lipinski definition) is 2. The zero-order chi connectivity index (χ0) is 21.8. The quantitative estimate of drug-likeness (QED) is 0.368. The number of benzene rings is 2. The number of piperidine rings is 1. The summed E-state index contributed by atoms with van der Waals surface area (Å²) < 4.78 is 0. The van der Waals surface area contributed by atoms with Crippen molar-refractivity contribution < 1.29 is 4.79 Å². The van der Waals surface area contributed by atoms with Crippen LogP contribution in [0.1, 0.15) is 35.3 Å². The van der Waals surface area contributed by atoms with Gasteiger partial charge in [-0.15, -0.1) is 0 Å². The third-order valence-corrected chi connectivity index (χ3v) is 5.65. The number of carbonyl (C=O) groups is 1. The summed E-state index contributed by atoms with van der Waals surface area (Å²) in [6.45, 7) is 1.80. The van der Waals surface area contributed by atoms with E-state index in [1.165, 1.54) is 6.42 Å². The van der Waals surface area contributed by atoms with Gasteiger partial charge in [-0.1, -0.05) is 48.5 Å². The molecule has 0 unspecified atom stereocenters. The van der Waals surface area contributed by atoms with Crippen LogP contribution < -0.4 is 10.3 Å². The molecule has 1 aliphatic rings. The number of hydrogen-bond acceptors (Lipinski definition) is 5. The summed E-state index contributed by atoms with van der Waals surface area (Å²) in [5, 5.41) is 5.21. The number of H-pyrrole nitrogens is 1. The monoisotopic (exact) mass is 424 g/mol. The highest BCUT2D eigenvalue weighted by molar-refractivity contribution is 6.00. The summed E-state index contributed by atoms with van der Waals surface area (Å²) in [5.41, 5.74) is 6.53. The lowest BCUT2D eigenvalue weighted by molar-refractivity contribution is 0.0950. The lowest BCUT2D eigenvalue weighted by Crippen LogP contribution is -2.32. The van der Waals surface area contributed by atoms with E-state index in [0.717, 1.165) is 53.7 Å². The Kier molecular flexibility index (Phi) is 5.61. The first-order valence-corrected chi connectivity index (χ1v) is 10.9. The average molecular weight is 425 g/mol. The molecular weight excluding hydrogens is 400 g/mol. The molecule has 0 bridgehead atoms. The zero-order valence-corrected chi connectivity index (χ0v) is 17.7. The SMILES string of the molecule is O=C(N/N=C/c1c[nH]c2ccccc12)c1cc(-c2ccccc2)nc(N2CCCCC2)n1. The van der Waals surface area contributed by atoms with Crippen molar-refractivity contribution in [3.63, 3.8) is 0 Å². The molecule has 1 amide bonds. The molecule has 160 valence electrons. The lowest BCUT2D eigenvalue weighted by Gasteiger charge is -2.27. The topological polar surface area (TPSA) is 86.3 Å². The molecule has 0 aliphatic carbocycles. The van der Waals surface area contributed by atoms with Crippen molar-refractivity contribution in [1.29, 1.82) is 0 Å². The minimum absolute atomic E-state index is 0.301. The summed E-state index contributed by atoms with van der Waals surface area (Å²) in [6.07, 6.45) is 6.93. The Bertz CT molecular complexity index is 1260.